The summed E-state index contributed by atoms with van der Waals surface area (Å²) in [4.78, 5) is 7.61. The van der Waals surface area contributed by atoms with Crippen molar-refractivity contribution in [2.45, 2.75) is 25.7 Å². The molecule has 0 amide bonds. The molecule has 0 aromatic heterocycles. The summed E-state index contributed by atoms with van der Waals surface area (Å²) in [5, 5.41) is 0.685. The summed E-state index contributed by atoms with van der Waals surface area (Å²) < 4.78 is 5.99. The van der Waals surface area contributed by atoms with Crippen molar-refractivity contribution in [3.8, 4) is 0 Å². The summed E-state index contributed by atoms with van der Waals surface area (Å²) in [7, 11) is -1.12. The average molecular weight is 417 g/mol. The van der Waals surface area contributed by atoms with Gasteiger partial charge in [0.05, 0.1) is 17.9 Å². The van der Waals surface area contributed by atoms with Gasteiger partial charge in [0, 0.05) is 30.8 Å². The lowest BCUT2D eigenvalue weighted by Crippen LogP contribution is -2.34. The molecule has 0 unspecified atom stereocenters. The molecule has 142 valence electrons. The van der Waals surface area contributed by atoms with E-state index in [1.807, 2.05) is 41.3 Å². The number of hydrogen-bond acceptors (Lipinski definition) is 3. The van der Waals surface area contributed by atoms with Gasteiger partial charge in [-0.1, -0.05) is 73.8 Å². The lowest BCUT2D eigenvalue weighted by molar-refractivity contribution is 0.155. The molecule has 0 saturated carbocycles. The molecule has 0 atom stereocenters. The lowest BCUT2D eigenvalue weighted by Gasteiger charge is -2.26. The van der Waals surface area contributed by atoms with Gasteiger partial charge in [-0.3, -0.25) is 4.99 Å². The maximum absolute atomic E-state index is 6.31. The number of ether oxygens (including phenoxy) is 1. The number of halogens is 1. The third-order valence-corrected chi connectivity index (χ3v) is 6.73. The van der Waals surface area contributed by atoms with E-state index in [-0.39, 0.29) is 0 Å². The van der Waals surface area contributed by atoms with Crippen LogP contribution < -0.4 is 4.90 Å². The number of anilines is 1. The molecule has 6 heteroatoms. The molecule has 2 aromatic carbocycles. The predicted molar refractivity (Wildman–Crippen MR) is 122 cm³/mol. The van der Waals surface area contributed by atoms with Crippen molar-refractivity contribution in [3.05, 3.63) is 64.7 Å². The Hall–Kier alpha value is -1.53. The third kappa shape index (κ3) is 5.26. The molecular formula is C21H25ClN2OSSi. The Bertz CT molecular complexity index is 849. The Balaban J connectivity index is 1.90. The Morgan fingerprint density at radius 2 is 1.89 bits per heavy atom. The number of fused-ring (bicyclic) bond motifs is 1. The van der Waals surface area contributed by atoms with Gasteiger partial charge in [0.25, 0.3) is 0 Å². The van der Waals surface area contributed by atoms with Crippen molar-refractivity contribution in [2.75, 3.05) is 24.8 Å². The van der Waals surface area contributed by atoms with E-state index in [2.05, 4.69) is 31.8 Å². The van der Waals surface area contributed by atoms with Gasteiger partial charge in [0.1, 0.15) is 11.7 Å². The van der Waals surface area contributed by atoms with Gasteiger partial charge in [-0.05, 0) is 24.2 Å². The van der Waals surface area contributed by atoms with Crippen LogP contribution in [0.5, 0.6) is 0 Å². The number of benzodiazepines with no additional fused rings is 1. The van der Waals surface area contributed by atoms with Crippen LogP contribution >= 0.6 is 23.8 Å². The van der Waals surface area contributed by atoms with Gasteiger partial charge >= 0.3 is 0 Å². The fourth-order valence-electron chi connectivity index (χ4n) is 2.90. The summed E-state index contributed by atoms with van der Waals surface area (Å²) in [6.07, 6.45) is 0. The number of aliphatic imine (C=N–C) groups is 1. The second-order valence-electron chi connectivity index (χ2n) is 7.86. The van der Waals surface area contributed by atoms with Gasteiger partial charge in [-0.25, -0.2) is 0 Å². The zero-order valence-corrected chi connectivity index (χ0v) is 18.6. The fourth-order valence-corrected chi connectivity index (χ4v) is 4.05. The second kappa shape index (κ2) is 8.65. The monoisotopic (exact) mass is 416 g/mol. The first-order valence-corrected chi connectivity index (χ1v) is 13.6. The van der Waals surface area contributed by atoms with Crippen LogP contribution in [-0.2, 0) is 4.74 Å². The lowest BCUT2D eigenvalue weighted by atomic mass is 10.0. The zero-order chi connectivity index (χ0) is 19.4. The maximum Gasteiger partial charge on any atom is 0.123 e. The van der Waals surface area contributed by atoms with Crippen LogP contribution in [0.2, 0.25) is 30.7 Å². The highest BCUT2D eigenvalue weighted by atomic mass is 35.5. The molecule has 27 heavy (non-hydrogen) atoms. The molecule has 3 nitrogen and oxygen atoms in total. The molecule has 0 radical (unpaired) electrons. The van der Waals surface area contributed by atoms with Crippen LogP contribution in [0.25, 0.3) is 0 Å². The standard InChI is InChI=1S/C21H25ClN2OSSi/c1-27(2,3)12-11-25-15-24-19-10-9-17(22)13-18(19)21(23-14-20(24)26)16-7-5-4-6-8-16/h4-10,13H,11-12,14-15H2,1-3H3. The molecule has 3 rings (SSSR count). The van der Waals surface area contributed by atoms with Crippen LogP contribution in [0.1, 0.15) is 11.1 Å². The van der Waals surface area contributed by atoms with Gasteiger partial charge in [-0.15, -0.1) is 0 Å². The zero-order valence-electron chi connectivity index (χ0n) is 16.0. The normalized spacial score (nSPS) is 14.6. The number of hydrogen-bond donors (Lipinski definition) is 0. The van der Waals surface area contributed by atoms with E-state index in [1.165, 1.54) is 0 Å². The smallest absolute Gasteiger partial charge is 0.123 e. The first kappa shape index (κ1) is 20.2. The van der Waals surface area contributed by atoms with E-state index in [0.717, 1.165) is 40.2 Å². The first-order valence-electron chi connectivity index (χ1n) is 9.13. The molecule has 0 saturated heterocycles. The van der Waals surface area contributed by atoms with Crippen molar-refractivity contribution in [1.29, 1.82) is 0 Å². The van der Waals surface area contributed by atoms with Gasteiger partial charge < -0.3 is 9.64 Å². The number of thiocarbonyl (C=S) groups is 1. The van der Waals surface area contributed by atoms with E-state index < -0.39 is 8.07 Å². The molecule has 0 N–H and O–H groups in total. The first-order chi connectivity index (χ1) is 12.8. The van der Waals surface area contributed by atoms with E-state index in [4.69, 9.17) is 33.5 Å². The molecule has 0 fully saturated rings. The largest absolute Gasteiger partial charge is 0.361 e. The molecule has 1 aliphatic heterocycles. The van der Waals surface area contributed by atoms with E-state index in [9.17, 15) is 0 Å². The van der Waals surface area contributed by atoms with E-state index in [0.29, 0.717) is 18.3 Å². The molecular weight excluding hydrogens is 392 g/mol. The minimum absolute atomic E-state index is 0.440. The van der Waals surface area contributed by atoms with Gasteiger partial charge in [-0.2, -0.15) is 0 Å². The van der Waals surface area contributed by atoms with Crippen molar-refractivity contribution in [2.24, 2.45) is 4.99 Å². The van der Waals surface area contributed by atoms with E-state index in [1.54, 1.807) is 0 Å². The van der Waals surface area contributed by atoms with Crippen molar-refractivity contribution in [3.63, 3.8) is 0 Å². The Labute approximate surface area is 173 Å². The topological polar surface area (TPSA) is 24.8 Å². The van der Waals surface area contributed by atoms with Crippen LogP contribution in [0.15, 0.2) is 53.5 Å². The Morgan fingerprint density at radius 1 is 1.15 bits per heavy atom. The summed E-state index contributed by atoms with van der Waals surface area (Å²) in [5.41, 5.74) is 3.96. The van der Waals surface area contributed by atoms with Gasteiger partial charge in [0.2, 0.25) is 0 Å². The highest BCUT2D eigenvalue weighted by Crippen LogP contribution is 2.30. The fraction of sp³-hybridized carbons (Fsp3) is 0.333. The maximum atomic E-state index is 6.31. The quantitative estimate of drug-likeness (QED) is 0.346. The molecule has 0 bridgehead atoms. The molecule has 2 aromatic rings. The minimum Gasteiger partial charge on any atom is -0.361 e. The van der Waals surface area contributed by atoms with Crippen molar-refractivity contribution < 1.29 is 4.74 Å². The number of rotatable bonds is 6. The second-order valence-corrected chi connectivity index (χ2v) is 14.4. The summed E-state index contributed by atoms with van der Waals surface area (Å²) >= 11 is 12.0. The average Bonchev–Trinajstić information content (AvgIpc) is 2.75. The van der Waals surface area contributed by atoms with E-state index >= 15 is 0 Å². The Morgan fingerprint density at radius 3 is 2.59 bits per heavy atom. The molecule has 0 aliphatic carbocycles. The van der Waals surface area contributed by atoms with Crippen LogP contribution in [-0.4, -0.2) is 38.7 Å². The summed E-state index contributed by atoms with van der Waals surface area (Å²) in [6, 6.07) is 17.2. The summed E-state index contributed by atoms with van der Waals surface area (Å²) in [5.74, 6) is 0. The highest BCUT2D eigenvalue weighted by Gasteiger charge is 2.23. The molecule has 0 spiro atoms. The molecule has 1 heterocycles. The van der Waals surface area contributed by atoms with Crippen molar-refractivity contribution in [1.82, 2.24) is 0 Å². The summed E-state index contributed by atoms with van der Waals surface area (Å²) in [6.45, 7) is 8.71. The number of benzene rings is 2. The Kier molecular flexibility index (Phi) is 6.47. The van der Waals surface area contributed by atoms with Gasteiger partial charge in [0.15, 0.2) is 0 Å². The minimum atomic E-state index is -1.12. The van der Waals surface area contributed by atoms with Crippen LogP contribution in [0.4, 0.5) is 5.69 Å². The van der Waals surface area contributed by atoms with Crippen molar-refractivity contribution >= 4 is 48.3 Å². The predicted octanol–water partition coefficient (Wildman–Crippen LogP) is 5.64. The highest BCUT2D eigenvalue weighted by molar-refractivity contribution is 7.80. The van der Waals surface area contributed by atoms with Crippen LogP contribution in [0.3, 0.4) is 0 Å². The SMILES string of the molecule is C[Si](C)(C)CCOCN1C(=S)CN=C(c2ccccc2)c2cc(Cl)ccc21. The van der Waals surface area contributed by atoms with Crippen LogP contribution in [0, 0.1) is 0 Å². The molecule has 1 aliphatic rings. The third-order valence-electron chi connectivity index (χ3n) is 4.44. The number of nitrogens with zero attached hydrogens (tertiary/aromatic N) is 2.